The van der Waals surface area contributed by atoms with Gasteiger partial charge < -0.3 is 9.84 Å². The normalized spacial score (nSPS) is 19.4. The largest absolute Gasteiger partial charge is 0.365 e. The van der Waals surface area contributed by atoms with E-state index in [-0.39, 0.29) is 6.61 Å². The number of hydrogen-bond acceptors (Lipinski definition) is 5. The summed E-state index contributed by atoms with van der Waals surface area (Å²) in [5.74, 6) is -1.26. The van der Waals surface area contributed by atoms with E-state index in [1.165, 1.54) is 0 Å². The molecule has 2 rings (SSSR count). The first kappa shape index (κ1) is 18.6. The molecule has 0 radical (unpaired) electrons. The lowest BCUT2D eigenvalue weighted by Gasteiger charge is -2.35. The molecule has 1 aromatic rings. The molecule has 6 nitrogen and oxygen atoms in total. The lowest BCUT2D eigenvalue weighted by molar-refractivity contribution is -0.248. The topological polar surface area (TPSA) is 98.9 Å². The molecule has 0 heterocycles. The van der Waals surface area contributed by atoms with Gasteiger partial charge in [0.2, 0.25) is 0 Å². The number of halogens is 1. The van der Waals surface area contributed by atoms with Crippen molar-refractivity contribution in [2.24, 2.45) is 5.14 Å². The van der Waals surface area contributed by atoms with Crippen LogP contribution in [0.1, 0.15) is 37.7 Å². The van der Waals surface area contributed by atoms with Crippen molar-refractivity contribution in [3.05, 3.63) is 34.9 Å². The van der Waals surface area contributed by atoms with Crippen LogP contribution in [-0.4, -0.2) is 32.0 Å². The van der Waals surface area contributed by atoms with Crippen LogP contribution in [0.25, 0.3) is 0 Å². The molecule has 1 atom stereocenters. The highest BCUT2D eigenvalue weighted by Crippen LogP contribution is 2.31. The van der Waals surface area contributed by atoms with E-state index in [9.17, 15) is 13.5 Å². The summed E-state index contributed by atoms with van der Waals surface area (Å²) < 4.78 is 32.5. The van der Waals surface area contributed by atoms with Crippen LogP contribution in [0.4, 0.5) is 0 Å². The predicted molar refractivity (Wildman–Crippen MR) is 87.1 cm³/mol. The average Bonchev–Trinajstić information content (AvgIpc) is 2.47. The summed E-state index contributed by atoms with van der Waals surface area (Å²) in [6.07, 6.45) is 3.46. The van der Waals surface area contributed by atoms with Gasteiger partial charge in [0.1, 0.15) is 0 Å². The Morgan fingerprint density at radius 2 is 1.91 bits per heavy atom. The summed E-state index contributed by atoms with van der Waals surface area (Å²) in [5, 5.41) is 16.0. The summed E-state index contributed by atoms with van der Waals surface area (Å²) >= 11 is 6.13. The highest BCUT2D eigenvalue weighted by molar-refractivity contribution is 7.84. The Hall–Kier alpha value is -0.700. The third-order valence-corrected chi connectivity index (χ3v) is 4.68. The number of benzene rings is 1. The molecule has 23 heavy (non-hydrogen) atoms. The third kappa shape index (κ3) is 6.37. The Morgan fingerprint density at radius 3 is 2.52 bits per heavy atom. The van der Waals surface area contributed by atoms with Gasteiger partial charge in [-0.2, -0.15) is 8.42 Å². The van der Waals surface area contributed by atoms with Gasteiger partial charge in [-0.1, -0.05) is 36.2 Å². The fraction of sp³-hybridized carbons (Fsp3) is 0.600. The van der Waals surface area contributed by atoms with Gasteiger partial charge in [0.25, 0.3) is 0 Å². The van der Waals surface area contributed by atoms with Crippen molar-refractivity contribution in [3.8, 4) is 0 Å². The Balaban J connectivity index is 2.09. The first-order valence-corrected chi connectivity index (χ1v) is 9.43. The molecule has 0 amide bonds. The summed E-state index contributed by atoms with van der Waals surface area (Å²) in [6, 6.07) is 7.19. The molecule has 1 aromatic carbocycles. The summed E-state index contributed by atoms with van der Waals surface area (Å²) in [4.78, 5) is 0. The summed E-state index contributed by atoms with van der Waals surface area (Å²) in [7, 11) is -4.08. The SMILES string of the molecule is NS(=O)(=O)OCC(Cc1ccccc1Cl)OC1(O)CCCCC1. The zero-order chi connectivity index (χ0) is 16.9. The number of nitrogens with two attached hydrogens (primary N) is 1. The van der Waals surface area contributed by atoms with Crippen LogP contribution in [0.5, 0.6) is 0 Å². The van der Waals surface area contributed by atoms with E-state index in [2.05, 4.69) is 4.18 Å². The molecule has 8 heteroatoms. The van der Waals surface area contributed by atoms with Crippen LogP contribution in [0.15, 0.2) is 24.3 Å². The maximum absolute atomic E-state index is 11.0. The van der Waals surface area contributed by atoms with Crippen LogP contribution in [0, 0.1) is 0 Å². The lowest BCUT2D eigenvalue weighted by atomic mass is 9.94. The zero-order valence-corrected chi connectivity index (χ0v) is 14.4. The summed E-state index contributed by atoms with van der Waals surface area (Å²) in [5.41, 5.74) is 0.789. The van der Waals surface area contributed by atoms with Crippen LogP contribution in [-0.2, 0) is 25.6 Å². The lowest BCUT2D eigenvalue weighted by Crippen LogP contribution is -2.41. The molecule has 0 bridgehead atoms. The average molecular weight is 364 g/mol. The molecule has 0 saturated heterocycles. The van der Waals surface area contributed by atoms with E-state index < -0.39 is 22.2 Å². The molecule has 1 aliphatic carbocycles. The van der Waals surface area contributed by atoms with Crippen LogP contribution < -0.4 is 5.14 Å². The monoisotopic (exact) mass is 363 g/mol. The number of rotatable bonds is 7. The van der Waals surface area contributed by atoms with E-state index in [1.54, 1.807) is 12.1 Å². The Labute approximate surface area is 141 Å². The number of ether oxygens (including phenoxy) is 1. The molecule has 130 valence electrons. The zero-order valence-electron chi connectivity index (χ0n) is 12.8. The van der Waals surface area contributed by atoms with Gasteiger partial charge in [-0.15, -0.1) is 0 Å². The highest BCUT2D eigenvalue weighted by Gasteiger charge is 2.33. The van der Waals surface area contributed by atoms with Gasteiger partial charge >= 0.3 is 10.3 Å². The van der Waals surface area contributed by atoms with Crippen LogP contribution >= 0.6 is 11.6 Å². The smallest absolute Gasteiger partial charge is 0.333 e. The van der Waals surface area contributed by atoms with Crippen molar-refractivity contribution in [3.63, 3.8) is 0 Å². The predicted octanol–water partition coefficient (Wildman–Crippen LogP) is 2.14. The van der Waals surface area contributed by atoms with Crippen molar-refractivity contribution < 1.29 is 22.4 Å². The van der Waals surface area contributed by atoms with E-state index in [0.717, 1.165) is 24.8 Å². The van der Waals surface area contributed by atoms with Crippen molar-refractivity contribution in [1.82, 2.24) is 0 Å². The van der Waals surface area contributed by atoms with Gasteiger partial charge in [-0.25, -0.2) is 5.14 Å². The van der Waals surface area contributed by atoms with E-state index in [0.29, 0.717) is 24.3 Å². The maximum Gasteiger partial charge on any atom is 0.333 e. The number of hydrogen-bond donors (Lipinski definition) is 2. The van der Waals surface area contributed by atoms with Gasteiger partial charge in [0.15, 0.2) is 5.79 Å². The molecule has 0 spiro atoms. The minimum atomic E-state index is -4.08. The van der Waals surface area contributed by atoms with E-state index >= 15 is 0 Å². The van der Waals surface area contributed by atoms with Crippen LogP contribution in [0.2, 0.25) is 5.02 Å². The summed E-state index contributed by atoms with van der Waals surface area (Å²) in [6.45, 7) is -0.271. The van der Waals surface area contributed by atoms with Crippen molar-refractivity contribution in [2.45, 2.75) is 50.4 Å². The first-order chi connectivity index (χ1) is 10.8. The van der Waals surface area contributed by atoms with Gasteiger partial charge in [-0.05, 0) is 24.5 Å². The minimum absolute atomic E-state index is 0.271. The molecule has 1 saturated carbocycles. The highest BCUT2D eigenvalue weighted by atomic mass is 35.5. The molecule has 3 N–H and O–H groups in total. The third-order valence-electron chi connectivity index (χ3n) is 3.84. The molecule has 1 unspecified atom stereocenters. The van der Waals surface area contributed by atoms with Gasteiger partial charge in [0, 0.05) is 24.3 Å². The minimum Gasteiger partial charge on any atom is -0.365 e. The van der Waals surface area contributed by atoms with E-state index in [4.69, 9.17) is 21.5 Å². The quantitative estimate of drug-likeness (QED) is 0.723. The maximum atomic E-state index is 11.0. The second kappa shape index (κ2) is 7.92. The first-order valence-electron chi connectivity index (χ1n) is 7.58. The molecule has 0 aliphatic heterocycles. The standard InChI is InChI=1S/C15H22ClNO5S/c16-14-7-3-2-6-12(14)10-13(11-21-23(17,19)20)22-15(18)8-4-1-5-9-15/h2-3,6-7,13,18H,1,4-5,8-11H2,(H2,17,19,20). The fourth-order valence-corrected chi connectivity index (χ4v) is 3.30. The number of aliphatic hydroxyl groups is 1. The van der Waals surface area contributed by atoms with Gasteiger partial charge in [0.05, 0.1) is 12.7 Å². The Morgan fingerprint density at radius 1 is 1.26 bits per heavy atom. The van der Waals surface area contributed by atoms with Crippen molar-refractivity contribution in [2.75, 3.05) is 6.61 Å². The fourth-order valence-electron chi connectivity index (χ4n) is 2.75. The molecule has 1 fully saturated rings. The molecule has 0 aromatic heterocycles. The Kier molecular flexibility index (Phi) is 6.41. The molecular weight excluding hydrogens is 342 g/mol. The van der Waals surface area contributed by atoms with Crippen molar-refractivity contribution >= 4 is 21.9 Å². The van der Waals surface area contributed by atoms with E-state index in [1.807, 2.05) is 12.1 Å². The molecule has 1 aliphatic rings. The van der Waals surface area contributed by atoms with Crippen molar-refractivity contribution in [1.29, 1.82) is 0 Å². The van der Waals surface area contributed by atoms with Gasteiger partial charge in [-0.3, -0.25) is 4.18 Å². The second-order valence-corrected chi connectivity index (χ2v) is 7.45. The Bertz CT molecular complexity index is 616. The second-order valence-electron chi connectivity index (χ2n) is 5.82. The molecular formula is C15H22ClNO5S. The van der Waals surface area contributed by atoms with Crippen LogP contribution in [0.3, 0.4) is 0 Å².